The monoisotopic (exact) mass is 530 g/mol. The van der Waals surface area contributed by atoms with Crippen molar-refractivity contribution in [3.8, 4) is 11.5 Å². The number of rotatable bonds is 11. The van der Waals surface area contributed by atoms with Crippen LogP contribution in [0, 0.1) is 12.8 Å². The summed E-state index contributed by atoms with van der Waals surface area (Å²) in [6.07, 6.45) is 2.59. The first kappa shape index (κ1) is 28.5. The lowest BCUT2D eigenvalue weighted by Gasteiger charge is -2.28. The predicted molar refractivity (Wildman–Crippen MR) is 139 cm³/mol. The Labute approximate surface area is 218 Å². The smallest absolute Gasteiger partial charge is 0.227 e. The number of hydrogen-bond donors (Lipinski definition) is 1. The molecule has 9 heteroatoms. The van der Waals surface area contributed by atoms with Gasteiger partial charge in [-0.3, -0.25) is 4.79 Å². The lowest BCUT2D eigenvalue weighted by Crippen LogP contribution is -2.44. The maximum Gasteiger partial charge on any atom is 0.227 e. The van der Waals surface area contributed by atoms with Crippen molar-refractivity contribution in [2.75, 3.05) is 40.0 Å². The Balaban J connectivity index is 0.00000408. The summed E-state index contributed by atoms with van der Waals surface area (Å²) in [6, 6.07) is 11.5. The predicted octanol–water partition coefficient (Wildman–Crippen LogP) is 4.94. The van der Waals surface area contributed by atoms with Crippen LogP contribution in [0.15, 0.2) is 36.4 Å². The van der Waals surface area contributed by atoms with Gasteiger partial charge in [-0.15, -0.1) is 12.4 Å². The normalized spacial score (nSPS) is 16.1. The Morgan fingerprint density at radius 1 is 1.15 bits per heavy atom. The molecule has 1 unspecified atom stereocenters. The van der Waals surface area contributed by atoms with Crippen LogP contribution in [0.5, 0.6) is 11.5 Å². The van der Waals surface area contributed by atoms with Crippen molar-refractivity contribution in [3.05, 3.63) is 57.6 Å². The molecule has 1 aliphatic rings. The molecular formula is C25H33Cl3N2O4. The summed E-state index contributed by atoms with van der Waals surface area (Å²) in [5.41, 5.74) is 7.98. The van der Waals surface area contributed by atoms with Gasteiger partial charge in [0.05, 0.1) is 28.6 Å². The number of methoxy groups -OCH3 is 1. The Morgan fingerprint density at radius 2 is 1.79 bits per heavy atom. The van der Waals surface area contributed by atoms with Gasteiger partial charge in [0, 0.05) is 20.2 Å². The molecule has 0 aliphatic carbocycles. The summed E-state index contributed by atoms with van der Waals surface area (Å²) in [5, 5.41) is 0.964. The van der Waals surface area contributed by atoms with E-state index in [1.54, 1.807) is 7.11 Å². The van der Waals surface area contributed by atoms with Gasteiger partial charge in [0.1, 0.15) is 19.0 Å². The van der Waals surface area contributed by atoms with Crippen LogP contribution in [0.2, 0.25) is 10.0 Å². The van der Waals surface area contributed by atoms with E-state index in [9.17, 15) is 4.79 Å². The van der Waals surface area contributed by atoms with Gasteiger partial charge in [-0.25, -0.2) is 0 Å². The molecule has 0 saturated carbocycles. The average molecular weight is 532 g/mol. The molecule has 0 spiro atoms. The highest BCUT2D eigenvalue weighted by Crippen LogP contribution is 2.34. The molecule has 0 bridgehead atoms. The second kappa shape index (κ2) is 14.0. The first-order valence-corrected chi connectivity index (χ1v) is 12.0. The quantitative estimate of drug-likeness (QED) is 0.416. The number of carbonyl (C=O) groups is 1. The van der Waals surface area contributed by atoms with Gasteiger partial charge in [-0.1, -0.05) is 35.3 Å². The minimum atomic E-state index is -0.244. The van der Waals surface area contributed by atoms with E-state index in [4.69, 9.17) is 43.1 Å². The Hall–Kier alpha value is -1.70. The number of likely N-dealkylation sites (tertiary alicyclic amines) is 1. The van der Waals surface area contributed by atoms with Crippen molar-refractivity contribution < 1.29 is 19.0 Å². The molecule has 2 N–H and O–H groups in total. The molecular weight excluding hydrogens is 499 g/mol. The third-order valence-electron chi connectivity index (χ3n) is 5.80. The molecule has 1 amide bonds. The van der Waals surface area contributed by atoms with Crippen molar-refractivity contribution >= 4 is 41.5 Å². The molecule has 6 nitrogen and oxygen atoms in total. The maximum atomic E-state index is 13.0. The number of benzene rings is 2. The fourth-order valence-electron chi connectivity index (χ4n) is 4.13. The summed E-state index contributed by atoms with van der Waals surface area (Å²) >= 11 is 12.4. The third kappa shape index (κ3) is 7.65. The van der Waals surface area contributed by atoms with Crippen molar-refractivity contribution in [1.29, 1.82) is 0 Å². The van der Waals surface area contributed by atoms with E-state index < -0.39 is 0 Å². The average Bonchev–Trinajstić information content (AvgIpc) is 3.25. The fourth-order valence-corrected chi connectivity index (χ4v) is 4.84. The molecule has 188 valence electrons. The van der Waals surface area contributed by atoms with E-state index in [1.807, 2.05) is 48.2 Å². The van der Waals surface area contributed by atoms with E-state index in [0.717, 1.165) is 36.3 Å². The lowest BCUT2D eigenvalue weighted by atomic mass is 9.97. The largest absolute Gasteiger partial charge is 0.490 e. The van der Waals surface area contributed by atoms with Crippen molar-refractivity contribution in [2.24, 2.45) is 11.7 Å². The van der Waals surface area contributed by atoms with Gasteiger partial charge >= 0.3 is 0 Å². The van der Waals surface area contributed by atoms with Crippen LogP contribution in [0.4, 0.5) is 0 Å². The van der Waals surface area contributed by atoms with Gasteiger partial charge in [0.15, 0.2) is 5.75 Å². The zero-order valence-electron chi connectivity index (χ0n) is 19.6. The number of hydrogen-bond acceptors (Lipinski definition) is 5. The maximum absolute atomic E-state index is 13.0. The minimum Gasteiger partial charge on any atom is -0.490 e. The Bertz CT molecular complexity index is 904. The second-order valence-corrected chi connectivity index (χ2v) is 9.13. The Morgan fingerprint density at radius 3 is 2.41 bits per heavy atom. The zero-order chi connectivity index (χ0) is 23.8. The summed E-state index contributed by atoms with van der Waals surface area (Å²) in [7, 11) is 1.67. The minimum absolute atomic E-state index is 0. The van der Waals surface area contributed by atoms with Gasteiger partial charge in [-0.2, -0.15) is 0 Å². The van der Waals surface area contributed by atoms with Crippen molar-refractivity contribution in [1.82, 2.24) is 4.90 Å². The highest BCUT2D eigenvalue weighted by atomic mass is 35.5. The van der Waals surface area contributed by atoms with Crippen LogP contribution >= 0.6 is 35.6 Å². The highest BCUT2D eigenvalue weighted by molar-refractivity contribution is 6.37. The summed E-state index contributed by atoms with van der Waals surface area (Å²) < 4.78 is 16.7. The van der Waals surface area contributed by atoms with Gasteiger partial charge in [-0.05, 0) is 61.6 Å². The first-order chi connectivity index (χ1) is 15.9. The number of halogens is 3. The third-order valence-corrected chi connectivity index (χ3v) is 6.36. The molecule has 2 aromatic rings. The number of nitrogens with zero attached hydrogens (tertiary/aromatic N) is 1. The molecule has 0 aromatic heterocycles. The number of amides is 1. The standard InChI is InChI=1S/C25H32Cl2N2O4.ClH/c1-17-12-22(26)24(23(27)13-17)33-11-10-32-21-7-5-18(6-8-21)14-19(15-28)25(30)29-9-3-4-20(29)16-31-2;/h5-8,12-13,19-20H,3-4,9-11,14-16,28H2,1-2H3;1H/t19-,20?;/m1./s1. The summed E-state index contributed by atoms with van der Waals surface area (Å²) in [6.45, 7) is 4.24. The number of ether oxygens (including phenoxy) is 3. The molecule has 2 aromatic carbocycles. The number of aryl methyl sites for hydroxylation is 1. The highest BCUT2D eigenvalue weighted by Gasteiger charge is 2.32. The van der Waals surface area contributed by atoms with Crippen LogP contribution in [0.25, 0.3) is 0 Å². The van der Waals surface area contributed by atoms with E-state index >= 15 is 0 Å². The molecule has 1 saturated heterocycles. The van der Waals surface area contributed by atoms with Gasteiger partial charge in [0.25, 0.3) is 0 Å². The molecule has 1 heterocycles. The Kier molecular flexibility index (Phi) is 11.8. The van der Waals surface area contributed by atoms with Crippen molar-refractivity contribution in [3.63, 3.8) is 0 Å². The van der Waals surface area contributed by atoms with Crippen LogP contribution < -0.4 is 15.2 Å². The molecule has 1 fully saturated rings. The number of nitrogens with two attached hydrogens (primary N) is 1. The summed E-state index contributed by atoms with van der Waals surface area (Å²) in [4.78, 5) is 15.0. The summed E-state index contributed by atoms with van der Waals surface area (Å²) in [5.74, 6) is 1.06. The van der Waals surface area contributed by atoms with Crippen LogP contribution in [-0.4, -0.2) is 56.9 Å². The van der Waals surface area contributed by atoms with Gasteiger partial charge in [0.2, 0.25) is 5.91 Å². The topological polar surface area (TPSA) is 74.0 Å². The fraction of sp³-hybridized carbons (Fsp3) is 0.480. The van der Waals surface area contributed by atoms with Crippen LogP contribution in [0.1, 0.15) is 24.0 Å². The van der Waals surface area contributed by atoms with E-state index in [1.165, 1.54) is 0 Å². The molecule has 1 aliphatic heterocycles. The lowest BCUT2D eigenvalue weighted by molar-refractivity contribution is -0.136. The first-order valence-electron chi connectivity index (χ1n) is 11.2. The van der Waals surface area contributed by atoms with E-state index in [-0.39, 0.29) is 30.3 Å². The van der Waals surface area contributed by atoms with Crippen molar-refractivity contribution in [2.45, 2.75) is 32.2 Å². The zero-order valence-corrected chi connectivity index (χ0v) is 21.9. The van der Waals surface area contributed by atoms with Crippen LogP contribution in [-0.2, 0) is 16.0 Å². The van der Waals surface area contributed by atoms with Gasteiger partial charge < -0.3 is 24.8 Å². The van der Waals surface area contributed by atoms with E-state index in [2.05, 4.69) is 0 Å². The molecule has 34 heavy (non-hydrogen) atoms. The SMILES string of the molecule is COCC1CCCN1C(=O)[C@@H](CN)Cc1ccc(OCCOc2c(Cl)cc(C)cc2Cl)cc1.Cl. The van der Waals surface area contributed by atoms with E-state index in [0.29, 0.717) is 48.6 Å². The molecule has 2 atom stereocenters. The number of carbonyl (C=O) groups excluding carboxylic acids is 1. The molecule has 0 radical (unpaired) electrons. The molecule has 3 rings (SSSR count). The second-order valence-electron chi connectivity index (χ2n) is 8.32. The van der Waals surface area contributed by atoms with Crippen LogP contribution in [0.3, 0.4) is 0 Å².